The van der Waals surface area contributed by atoms with E-state index in [0.29, 0.717) is 5.56 Å². The minimum atomic E-state index is -3.81. The average Bonchev–Trinajstić information content (AvgIpc) is 2.88. The summed E-state index contributed by atoms with van der Waals surface area (Å²) in [5.41, 5.74) is 6.67. The van der Waals surface area contributed by atoms with Gasteiger partial charge in [-0.2, -0.15) is 9.40 Å². The second-order valence-corrected chi connectivity index (χ2v) is 6.53. The SMILES string of the molecule is Cc1c(N)cc(S(=O)(=O)N(C)Cc2cn[nH]c2)cc1F. The molecule has 1 heterocycles. The summed E-state index contributed by atoms with van der Waals surface area (Å²) in [5.74, 6) is -0.639. The molecule has 8 heteroatoms. The van der Waals surface area contributed by atoms with Crippen molar-refractivity contribution < 1.29 is 12.8 Å². The van der Waals surface area contributed by atoms with Crippen molar-refractivity contribution in [2.75, 3.05) is 12.8 Å². The van der Waals surface area contributed by atoms with E-state index in [9.17, 15) is 12.8 Å². The molecule has 0 unspecified atom stereocenters. The maximum Gasteiger partial charge on any atom is 0.243 e. The van der Waals surface area contributed by atoms with E-state index in [-0.39, 0.29) is 22.7 Å². The van der Waals surface area contributed by atoms with E-state index < -0.39 is 15.8 Å². The molecule has 0 atom stereocenters. The Morgan fingerprint density at radius 3 is 2.70 bits per heavy atom. The third-order valence-corrected chi connectivity index (χ3v) is 4.81. The van der Waals surface area contributed by atoms with Gasteiger partial charge in [0.2, 0.25) is 10.0 Å². The van der Waals surface area contributed by atoms with Crippen LogP contribution in [0.5, 0.6) is 0 Å². The zero-order chi connectivity index (χ0) is 14.9. The van der Waals surface area contributed by atoms with Crippen LogP contribution in [-0.2, 0) is 16.6 Å². The van der Waals surface area contributed by atoms with Gasteiger partial charge in [-0.25, -0.2) is 12.8 Å². The molecule has 0 saturated heterocycles. The molecule has 0 aliphatic carbocycles. The van der Waals surface area contributed by atoms with Crippen LogP contribution in [0.3, 0.4) is 0 Å². The number of rotatable bonds is 4. The highest BCUT2D eigenvalue weighted by Gasteiger charge is 2.23. The zero-order valence-electron chi connectivity index (χ0n) is 11.1. The molecule has 2 aromatic rings. The number of nitrogens with zero attached hydrogens (tertiary/aromatic N) is 2. The van der Waals surface area contributed by atoms with E-state index in [1.807, 2.05) is 0 Å². The molecule has 0 radical (unpaired) electrons. The molecule has 0 spiro atoms. The van der Waals surface area contributed by atoms with E-state index in [4.69, 9.17) is 5.73 Å². The van der Waals surface area contributed by atoms with Gasteiger partial charge in [-0.3, -0.25) is 5.10 Å². The molecule has 0 aliphatic rings. The number of hydrogen-bond acceptors (Lipinski definition) is 4. The Morgan fingerprint density at radius 1 is 1.45 bits per heavy atom. The highest BCUT2D eigenvalue weighted by atomic mass is 32.2. The summed E-state index contributed by atoms with van der Waals surface area (Å²) in [7, 11) is -2.39. The summed E-state index contributed by atoms with van der Waals surface area (Å²) in [6.07, 6.45) is 3.12. The van der Waals surface area contributed by atoms with Crippen molar-refractivity contribution in [3.8, 4) is 0 Å². The highest BCUT2D eigenvalue weighted by molar-refractivity contribution is 7.89. The van der Waals surface area contributed by atoms with E-state index in [1.54, 1.807) is 6.20 Å². The number of H-pyrrole nitrogens is 1. The number of benzene rings is 1. The number of nitrogens with two attached hydrogens (primary N) is 1. The lowest BCUT2D eigenvalue weighted by Crippen LogP contribution is -2.26. The van der Waals surface area contributed by atoms with Gasteiger partial charge in [0, 0.05) is 36.6 Å². The fourth-order valence-corrected chi connectivity index (χ4v) is 2.92. The fourth-order valence-electron chi connectivity index (χ4n) is 1.71. The van der Waals surface area contributed by atoms with Gasteiger partial charge in [-0.15, -0.1) is 0 Å². The topological polar surface area (TPSA) is 92.1 Å². The van der Waals surface area contributed by atoms with Gasteiger partial charge in [0.25, 0.3) is 0 Å². The lowest BCUT2D eigenvalue weighted by Gasteiger charge is -2.17. The summed E-state index contributed by atoms with van der Waals surface area (Å²) >= 11 is 0. The Hall–Kier alpha value is -1.93. The fraction of sp³-hybridized carbons (Fsp3) is 0.250. The summed E-state index contributed by atoms with van der Waals surface area (Å²) in [6, 6.07) is 2.24. The van der Waals surface area contributed by atoms with Gasteiger partial charge >= 0.3 is 0 Å². The van der Waals surface area contributed by atoms with Crippen molar-refractivity contribution in [3.63, 3.8) is 0 Å². The smallest absolute Gasteiger partial charge is 0.243 e. The lowest BCUT2D eigenvalue weighted by atomic mass is 10.2. The molecule has 0 fully saturated rings. The number of halogens is 1. The van der Waals surface area contributed by atoms with Gasteiger partial charge in [-0.05, 0) is 19.1 Å². The second-order valence-electron chi connectivity index (χ2n) is 4.49. The van der Waals surface area contributed by atoms with Crippen molar-refractivity contribution in [1.29, 1.82) is 0 Å². The summed E-state index contributed by atoms with van der Waals surface area (Å²) in [4.78, 5) is -0.163. The molecule has 0 bridgehead atoms. The summed E-state index contributed by atoms with van der Waals surface area (Å²) < 4.78 is 39.4. The minimum Gasteiger partial charge on any atom is -0.398 e. The van der Waals surface area contributed by atoms with E-state index in [2.05, 4.69) is 10.2 Å². The van der Waals surface area contributed by atoms with Gasteiger partial charge in [0.15, 0.2) is 0 Å². The van der Waals surface area contributed by atoms with Crippen LogP contribution in [0.25, 0.3) is 0 Å². The average molecular weight is 298 g/mol. The van der Waals surface area contributed by atoms with Crippen LogP contribution in [-0.4, -0.2) is 30.0 Å². The largest absolute Gasteiger partial charge is 0.398 e. The first kappa shape index (κ1) is 14.5. The van der Waals surface area contributed by atoms with E-state index >= 15 is 0 Å². The summed E-state index contributed by atoms with van der Waals surface area (Å²) in [5, 5.41) is 6.34. The second kappa shape index (κ2) is 5.22. The molecular weight excluding hydrogens is 283 g/mol. The Balaban J connectivity index is 2.35. The number of nitrogen functional groups attached to an aromatic ring is 1. The van der Waals surface area contributed by atoms with E-state index in [0.717, 1.165) is 10.4 Å². The zero-order valence-corrected chi connectivity index (χ0v) is 11.9. The molecule has 1 aromatic heterocycles. The number of hydrogen-bond donors (Lipinski definition) is 2. The monoisotopic (exact) mass is 298 g/mol. The molecule has 20 heavy (non-hydrogen) atoms. The van der Waals surface area contributed by atoms with Crippen molar-refractivity contribution in [1.82, 2.24) is 14.5 Å². The number of aromatic amines is 1. The molecule has 0 saturated carbocycles. The van der Waals surface area contributed by atoms with Crippen LogP contribution in [0.4, 0.5) is 10.1 Å². The van der Waals surface area contributed by atoms with Gasteiger partial charge in [0.1, 0.15) is 5.82 Å². The van der Waals surface area contributed by atoms with Crippen LogP contribution in [0.2, 0.25) is 0 Å². The van der Waals surface area contributed by atoms with Crippen molar-refractivity contribution in [2.45, 2.75) is 18.4 Å². The first-order chi connectivity index (χ1) is 9.32. The summed E-state index contributed by atoms with van der Waals surface area (Å²) in [6.45, 7) is 1.63. The molecule has 0 aliphatic heterocycles. The van der Waals surface area contributed by atoms with Gasteiger partial charge in [-0.1, -0.05) is 0 Å². The van der Waals surface area contributed by atoms with Crippen molar-refractivity contribution in [3.05, 3.63) is 41.5 Å². The molecule has 3 N–H and O–H groups in total. The van der Waals surface area contributed by atoms with Crippen LogP contribution < -0.4 is 5.73 Å². The third-order valence-electron chi connectivity index (χ3n) is 3.03. The van der Waals surface area contributed by atoms with Crippen molar-refractivity contribution in [2.24, 2.45) is 0 Å². The third kappa shape index (κ3) is 2.66. The molecule has 108 valence electrons. The lowest BCUT2D eigenvalue weighted by molar-refractivity contribution is 0.466. The number of anilines is 1. The molecular formula is C12H15FN4O2S. The predicted molar refractivity (Wildman–Crippen MR) is 72.8 cm³/mol. The predicted octanol–water partition coefficient (Wildman–Crippen LogP) is 1.26. The normalized spacial score (nSPS) is 12.0. The first-order valence-corrected chi connectivity index (χ1v) is 7.26. The van der Waals surface area contributed by atoms with Crippen LogP contribution in [0.1, 0.15) is 11.1 Å². The quantitative estimate of drug-likeness (QED) is 0.831. The standard InChI is InChI=1S/C12H15FN4O2S/c1-8-11(13)3-10(4-12(8)14)20(18,19)17(2)7-9-5-15-16-6-9/h3-6H,7,14H2,1-2H3,(H,15,16). The number of sulfonamides is 1. The first-order valence-electron chi connectivity index (χ1n) is 5.82. The Kier molecular flexibility index (Phi) is 3.78. The Labute approximate surface area is 116 Å². The molecule has 0 amide bonds. The minimum absolute atomic E-state index is 0.111. The molecule has 1 aromatic carbocycles. The van der Waals surface area contributed by atoms with Crippen LogP contribution in [0.15, 0.2) is 29.4 Å². The Bertz CT molecular complexity index is 690. The highest BCUT2D eigenvalue weighted by Crippen LogP contribution is 2.23. The van der Waals surface area contributed by atoms with E-state index in [1.165, 1.54) is 26.2 Å². The van der Waals surface area contributed by atoms with Crippen LogP contribution >= 0.6 is 0 Å². The van der Waals surface area contributed by atoms with Gasteiger partial charge < -0.3 is 5.73 Å². The van der Waals surface area contributed by atoms with Crippen molar-refractivity contribution >= 4 is 15.7 Å². The van der Waals surface area contributed by atoms with Crippen LogP contribution in [0, 0.1) is 12.7 Å². The number of aromatic nitrogens is 2. The van der Waals surface area contributed by atoms with Gasteiger partial charge in [0.05, 0.1) is 11.1 Å². The Morgan fingerprint density at radius 2 is 2.15 bits per heavy atom. The maximum absolute atomic E-state index is 13.6. The molecule has 6 nitrogen and oxygen atoms in total. The number of nitrogens with one attached hydrogen (secondary N) is 1. The maximum atomic E-state index is 13.6. The molecule has 2 rings (SSSR count).